The molecule has 3 heteroatoms. The maximum absolute atomic E-state index is 13.4. The summed E-state index contributed by atoms with van der Waals surface area (Å²) in [4.78, 5) is 13.4. The van der Waals surface area contributed by atoms with E-state index in [1.807, 2.05) is 0 Å². The molecule has 1 N–H and O–H groups in total. The van der Waals surface area contributed by atoms with Crippen LogP contribution >= 0.6 is 15.9 Å². The Morgan fingerprint density at radius 3 is 1.84 bits per heavy atom. The summed E-state index contributed by atoms with van der Waals surface area (Å²) < 4.78 is 0.287. The average Bonchev–Trinajstić information content (AvgIpc) is 2.49. The third-order valence-corrected chi connectivity index (χ3v) is 10.2. The first-order valence-electron chi connectivity index (χ1n) is 10.9. The number of hydrogen-bond acceptors (Lipinski definition) is 1. The molecule has 0 heterocycles. The number of carbonyl (C=O) groups is 1. The highest BCUT2D eigenvalue weighted by Crippen LogP contribution is 2.65. The zero-order valence-corrected chi connectivity index (χ0v) is 17.0. The van der Waals surface area contributed by atoms with E-state index in [1.165, 1.54) is 70.6 Å². The van der Waals surface area contributed by atoms with E-state index >= 15 is 0 Å². The summed E-state index contributed by atoms with van der Waals surface area (Å²) in [6.45, 7) is 0.988. The van der Waals surface area contributed by atoms with Crippen molar-refractivity contribution in [3.8, 4) is 0 Å². The summed E-state index contributed by atoms with van der Waals surface area (Å²) in [6, 6.07) is 0. The molecular formula is C22H32BrNO. The lowest BCUT2D eigenvalue weighted by atomic mass is 9.48. The molecule has 8 aliphatic rings. The van der Waals surface area contributed by atoms with Crippen molar-refractivity contribution in [2.75, 3.05) is 6.54 Å². The average molecular weight is 406 g/mol. The van der Waals surface area contributed by atoms with Gasteiger partial charge in [0.25, 0.3) is 0 Å². The summed E-state index contributed by atoms with van der Waals surface area (Å²) in [5.41, 5.74) is 0.439. The Morgan fingerprint density at radius 1 is 0.800 bits per heavy atom. The molecule has 1 amide bonds. The topological polar surface area (TPSA) is 29.1 Å². The quantitative estimate of drug-likeness (QED) is 0.653. The molecule has 2 unspecified atom stereocenters. The second kappa shape index (κ2) is 5.06. The number of nitrogens with one attached hydrogen (secondary N) is 1. The predicted octanol–water partition coefficient (Wildman–Crippen LogP) is 5.05. The molecule has 0 spiro atoms. The number of halogens is 1. The van der Waals surface area contributed by atoms with Gasteiger partial charge in [0, 0.05) is 10.9 Å². The molecule has 0 aromatic carbocycles. The Hall–Kier alpha value is -0.0500. The van der Waals surface area contributed by atoms with Crippen molar-refractivity contribution in [2.24, 2.45) is 40.4 Å². The van der Waals surface area contributed by atoms with Crippen LogP contribution in [0.2, 0.25) is 0 Å². The zero-order valence-electron chi connectivity index (χ0n) is 15.4. The van der Waals surface area contributed by atoms with Gasteiger partial charge in [0.15, 0.2) is 0 Å². The Bertz CT molecular complexity index is 564. The summed E-state index contributed by atoms with van der Waals surface area (Å²) in [6.07, 6.45) is 16.1. The van der Waals surface area contributed by atoms with Crippen LogP contribution < -0.4 is 5.32 Å². The van der Waals surface area contributed by atoms with Crippen molar-refractivity contribution in [1.29, 1.82) is 0 Å². The second-order valence-corrected chi connectivity index (χ2v) is 13.2. The number of hydrogen-bond donors (Lipinski definition) is 1. The van der Waals surface area contributed by atoms with Crippen molar-refractivity contribution in [2.45, 2.75) is 81.4 Å². The molecule has 8 fully saturated rings. The molecule has 2 nitrogen and oxygen atoms in total. The summed E-state index contributed by atoms with van der Waals surface area (Å²) in [7, 11) is 0. The molecule has 8 rings (SSSR count). The lowest BCUT2D eigenvalue weighted by Crippen LogP contribution is -2.59. The normalized spacial score (nSPS) is 57.9. The first-order chi connectivity index (χ1) is 11.9. The molecule has 2 atom stereocenters. The van der Waals surface area contributed by atoms with Crippen LogP contribution in [0.1, 0.15) is 77.0 Å². The van der Waals surface area contributed by atoms with Gasteiger partial charge >= 0.3 is 0 Å². The third kappa shape index (κ3) is 2.43. The molecule has 8 bridgehead atoms. The van der Waals surface area contributed by atoms with Gasteiger partial charge in [-0.05, 0) is 112 Å². The Balaban J connectivity index is 1.18. The SMILES string of the molecule is O=C(NCC12CC3CC(CC(C3)C1)C2)C12CC3CC(CC(Br)(C3)C1)C2. The molecule has 0 saturated heterocycles. The lowest BCUT2D eigenvalue weighted by Gasteiger charge is -2.60. The molecule has 0 aromatic rings. The third-order valence-electron chi connectivity index (χ3n) is 9.26. The van der Waals surface area contributed by atoms with Gasteiger partial charge in [-0.2, -0.15) is 0 Å². The van der Waals surface area contributed by atoms with E-state index in [9.17, 15) is 4.79 Å². The smallest absolute Gasteiger partial charge is 0.226 e. The standard InChI is InChI=1S/C22H32BrNO/c23-22-10-17-4-18(11-22)9-21(8-17,12-22)19(25)24-13-20-5-14-1-15(6-20)3-16(2-14)7-20/h14-18H,1-13H2,(H,24,25). The van der Waals surface area contributed by atoms with Crippen LogP contribution in [0, 0.1) is 40.4 Å². The van der Waals surface area contributed by atoms with Crippen molar-refractivity contribution in [3.05, 3.63) is 0 Å². The monoisotopic (exact) mass is 405 g/mol. The fraction of sp³-hybridized carbons (Fsp3) is 0.955. The molecule has 0 aliphatic heterocycles. The van der Waals surface area contributed by atoms with Crippen LogP contribution in [-0.4, -0.2) is 16.8 Å². The molecule has 138 valence electrons. The molecule has 8 saturated carbocycles. The maximum atomic E-state index is 13.4. The van der Waals surface area contributed by atoms with Crippen molar-refractivity contribution in [3.63, 3.8) is 0 Å². The summed E-state index contributed by atoms with van der Waals surface area (Å²) in [5, 5.41) is 3.55. The van der Waals surface area contributed by atoms with Gasteiger partial charge in [-0.15, -0.1) is 0 Å². The fourth-order valence-electron chi connectivity index (χ4n) is 9.38. The van der Waals surface area contributed by atoms with Gasteiger partial charge in [0.05, 0.1) is 5.41 Å². The van der Waals surface area contributed by atoms with Crippen molar-refractivity contribution in [1.82, 2.24) is 5.32 Å². The summed E-state index contributed by atoms with van der Waals surface area (Å²) in [5.74, 6) is 4.97. The van der Waals surface area contributed by atoms with Crippen LogP contribution in [0.15, 0.2) is 0 Å². The fourth-order valence-corrected chi connectivity index (χ4v) is 10.8. The lowest BCUT2D eigenvalue weighted by molar-refractivity contribution is -0.145. The molecule has 0 aromatic heterocycles. The molecular weight excluding hydrogens is 374 g/mol. The number of amides is 1. The molecule has 8 aliphatic carbocycles. The zero-order chi connectivity index (χ0) is 16.9. The Kier molecular flexibility index (Phi) is 3.23. The summed E-state index contributed by atoms with van der Waals surface area (Å²) >= 11 is 4.06. The van der Waals surface area contributed by atoms with Crippen molar-refractivity contribution < 1.29 is 4.79 Å². The highest BCUT2D eigenvalue weighted by atomic mass is 79.9. The second-order valence-electron chi connectivity index (χ2n) is 11.5. The van der Waals surface area contributed by atoms with Gasteiger partial charge in [-0.25, -0.2) is 0 Å². The van der Waals surface area contributed by atoms with Crippen LogP contribution in [0.4, 0.5) is 0 Å². The Morgan fingerprint density at radius 2 is 1.32 bits per heavy atom. The largest absolute Gasteiger partial charge is 0.355 e. The Labute approximate surface area is 160 Å². The maximum Gasteiger partial charge on any atom is 0.226 e. The first kappa shape index (κ1) is 16.0. The van der Waals surface area contributed by atoms with Crippen LogP contribution in [0.25, 0.3) is 0 Å². The highest BCUT2D eigenvalue weighted by Gasteiger charge is 2.60. The van der Waals surface area contributed by atoms with E-state index in [1.54, 1.807) is 0 Å². The van der Waals surface area contributed by atoms with Gasteiger partial charge in [0.1, 0.15) is 0 Å². The minimum absolute atomic E-state index is 0.0319. The predicted molar refractivity (Wildman–Crippen MR) is 102 cm³/mol. The number of rotatable bonds is 3. The highest BCUT2D eigenvalue weighted by molar-refractivity contribution is 9.10. The number of carbonyl (C=O) groups excluding carboxylic acids is 1. The van der Waals surface area contributed by atoms with Gasteiger partial charge in [0.2, 0.25) is 5.91 Å². The van der Waals surface area contributed by atoms with E-state index in [-0.39, 0.29) is 9.74 Å². The first-order valence-corrected chi connectivity index (χ1v) is 11.7. The van der Waals surface area contributed by atoms with Gasteiger partial charge < -0.3 is 5.32 Å². The van der Waals surface area contributed by atoms with Gasteiger partial charge in [-0.3, -0.25) is 4.79 Å². The molecule has 0 radical (unpaired) electrons. The minimum Gasteiger partial charge on any atom is -0.355 e. The van der Waals surface area contributed by atoms with E-state index in [4.69, 9.17) is 0 Å². The van der Waals surface area contributed by atoms with Crippen LogP contribution in [-0.2, 0) is 4.79 Å². The van der Waals surface area contributed by atoms with E-state index < -0.39 is 0 Å². The number of alkyl halides is 1. The van der Waals surface area contributed by atoms with E-state index in [0.717, 1.165) is 42.6 Å². The minimum atomic E-state index is -0.0319. The van der Waals surface area contributed by atoms with Crippen molar-refractivity contribution >= 4 is 21.8 Å². The molecule has 25 heavy (non-hydrogen) atoms. The van der Waals surface area contributed by atoms with Crippen LogP contribution in [0.5, 0.6) is 0 Å². The van der Waals surface area contributed by atoms with Crippen LogP contribution in [0.3, 0.4) is 0 Å². The van der Waals surface area contributed by atoms with E-state index in [2.05, 4.69) is 21.2 Å². The van der Waals surface area contributed by atoms with E-state index in [0.29, 0.717) is 11.3 Å². The van der Waals surface area contributed by atoms with Gasteiger partial charge in [-0.1, -0.05) is 15.9 Å².